The molecule has 0 unspecified atom stereocenters. The van der Waals surface area contributed by atoms with Crippen molar-refractivity contribution in [3.8, 4) is 0 Å². The van der Waals surface area contributed by atoms with E-state index in [0.717, 1.165) is 37.8 Å². The second-order valence-corrected chi connectivity index (χ2v) is 7.95. The molecule has 3 atom stereocenters. The van der Waals surface area contributed by atoms with Crippen LogP contribution in [0.1, 0.15) is 29.9 Å². The molecule has 5 heterocycles. The molecule has 0 radical (unpaired) electrons. The van der Waals surface area contributed by atoms with Crippen LogP contribution in [0.4, 0.5) is 8.78 Å². The van der Waals surface area contributed by atoms with Crippen molar-refractivity contribution in [2.75, 3.05) is 19.6 Å². The van der Waals surface area contributed by atoms with Gasteiger partial charge in [0.15, 0.2) is 0 Å². The standard InChI is InChI=1S/C21H23F2N3/c22-17-9-16(10-18(23)11-17)19-13-26(12-14-1-5-24-6-2-14)20-15-3-7-25(8-4-15)21(19)20/h1-2,5-6,9-11,15,19-21H,3-4,7-8,12-13H2/t19-,20-,21-/m1/s1. The molecule has 3 nitrogen and oxygen atoms in total. The first-order chi connectivity index (χ1) is 12.7. The summed E-state index contributed by atoms with van der Waals surface area (Å²) in [5.74, 6) is -0.0921. The molecule has 2 bridgehead atoms. The number of likely N-dealkylation sites (tertiary alicyclic amines) is 1. The van der Waals surface area contributed by atoms with Crippen molar-refractivity contribution in [3.05, 3.63) is 65.5 Å². The van der Waals surface area contributed by atoms with Crippen LogP contribution in [0.15, 0.2) is 42.7 Å². The van der Waals surface area contributed by atoms with Crippen molar-refractivity contribution < 1.29 is 8.78 Å². The maximum absolute atomic E-state index is 13.9. The summed E-state index contributed by atoms with van der Waals surface area (Å²) in [7, 11) is 0. The van der Waals surface area contributed by atoms with Crippen molar-refractivity contribution in [2.24, 2.45) is 5.92 Å². The lowest BCUT2D eigenvalue weighted by molar-refractivity contribution is -0.00872. The van der Waals surface area contributed by atoms with E-state index in [2.05, 4.69) is 26.9 Å². The Morgan fingerprint density at radius 2 is 1.65 bits per heavy atom. The monoisotopic (exact) mass is 355 g/mol. The number of nitrogens with zero attached hydrogens (tertiary/aromatic N) is 3. The van der Waals surface area contributed by atoms with Crippen LogP contribution in [0.25, 0.3) is 0 Å². The van der Waals surface area contributed by atoms with Gasteiger partial charge in [-0.25, -0.2) is 8.78 Å². The van der Waals surface area contributed by atoms with Gasteiger partial charge in [0.25, 0.3) is 0 Å². The van der Waals surface area contributed by atoms with Crippen molar-refractivity contribution in [1.29, 1.82) is 0 Å². The van der Waals surface area contributed by atoms with Crippen LogP contribution < -0.4 is 0 Å². The number of aromatic nitrogens is 1. The van der Waals surface area contributed by atoms with Gasteiger partial charge in [-0.15, -0.1) is 0 Å². The molecule has 4 aliphatic rings. The average molecular weight is 355 g/mol. The van der Waals surface area contributed by atoms with Crippen molar-refractivity contribution >= 4 is 0 Å². The normalized spacial score (nSPS) is 33.4. The highest BCUT2D eigenvalue weighted by Crippen LogP contribution is 2.47. The lowest BCUT2D eigenvalue weighted by Crippen LogP contribution is -2.59. The molecule has 4 saturated heterocycles. The van der Waals surface area contributed by atoms with Gasteiger partial charge in [0.2, 0.25) is 0 Å². The number of benzene rings is 1. The predicted molar refractivity (Wildman–Crippen MR) is 95.6 cm³/mol. The largest absolute Gasteiger partial charge is 0.298 e. The van der Waals surface area contributed by atoms with Crippen LogP contribution in [0.5, 0.6) is 0 Å². The van der Waals surface area contributed by atoms with Gasteiger partial charge < -0.3 is 0 Å². The van der Waals surface area contributed by atoms with E-state index in [1.165, 1.54) is 30.5 Å². The van der Waals surface area contributed by atoms with Crippen LogP contribution in [-0.4, -0.2) is 46.5 Å². The summed E-state index contributed by atoms with van der Waals surface area (Å²) >= 11 is 0. The second kappa shape index (κ2) is 6.39. The Labute approximate surface area is 152 Å². The molecule has 4 aliphatic heterocycles. The lowest BCUT2D eigenvalue weighted by Gasteiger charge is -2.51. The van der Waals surface area contributed by atoms with Gasteiger partial charge in [-0.1, -0.05) is 0 Å². The third-order valence-corrected chi connectivity index (χ3v) is 6.54. The van der Waals surface area contributed by atoms with E-state index in [9.17, 15) is 8.78 Å². The fourth-order valence-corrected chi connectivity index (χ4v) is 5.53. The summed E-state index contributed by atoms with van der Waals surface area (Å²) < 4.78 is 27.7. The number of hydrogen-bond acceptors (Lipinski definition) is 3. The Balaban J connectivity index is 1.50. The average Bonchev–Trinajstić information content (AvgIpc) is 3.04. The molecule has 5 heteroatoms. The van der Waals surface area contributed by atoms with Crippen LogP contribution in [-0.2, 0) is 6.54 Å². The molecular weight excluding hydrogens is 332 g/mol. The minimum atomic E-state index is -0.472. The van der Waals surface area contributed by atoms with E-state index in [0.29, 0.717) is 18.0 Å². The zero-order valence-electron chi connectivity index (χ0n) is 14.7. The van der Waals surface area contributed by atoms with Crippen molar-refractivity contribution in [3.63, 3.8) is 0 Å². The van der Waals surface area contributed by atoms with Crippen LogP contribution in [0.3, 0.4) is 0 Å². The van der Waals surface area contributed by atoms with E-state index >= 15 is 0 Å². The van der Waals surface area contributed by atoms with Gasteiger partial charge in [-0.05, 0) is 67.2 Å². The first kappa shape index (κ1) is 16.3. The predicted octanol–water partition coefficient (Wildman–Crippen LogP) is 3.42. The fraction of sp³-hybridized carbons (Fsp3) is 0.476. The SMILES string of the molecule is Fc1cc(F)cc([C@H]2CN(Cc3ccncc3)[C@@H]3C4CCN(CC4)[C@H]23)c1. The molecule has 0 spiro atoms. The minimum Gasteiger partial charge on any atom is -0.298 e. The molecule has 0 saturated carbocycles. The first-order valence-corrected chi connectivity index (χ1v) is 9.52. The molecule has 1 aromatic carbocycles. The number of hydrogen-bond donors (Lipinski definition) is 0. The number of piperidine rings is 3. The number of rotatable bonds is 3. The van der Waals surface area contributed by atoms with Gasteiger partial charge in [-0.2, -0.15) is 0 Å². The van der Waals surface area contributed by atoms with E-state index in [1.54, 1.807) is 0 Å². The third-order valence-electron chi connectivity index (χ3n) is 6.54. The molecular formula is C21H23F2N3. The first-order valence-electron chi connectivity index (χ1n) is 9.52. The summed E-state index contributed by atoms with van der Waals surface area (Å²) in [6, 6.07) is 9.00. The third kappa shape index (κ3) is 2.74. The summed E-state index contributed by atoms with van der Waals surface area (Å²) in [5.41, 5.74) is 2.06. The number of fused-ring (bicyclic) bond motifs is 2. The zero-order valence-corrected chi connectivity index (χ0v) is 14.7. The van der Waals surface area contributed by atoms with Crippen LogP contribution >= 0.6 is 0 Å². The van der Waals surface area contributed by atoms with Gasteiger partial charge in [0, 0.05) is 49.6 Å². The molecule has 0 amide bonds. The smallest absolute Gasteiger partial charge is 0.126 e. The molecule has 136 valence electrons. The molecule has 0 aliphatic carbocycles. The maximum Gasteiger partial charge on any atom is 0.126 e. The quantitative estimate of drug-likeness (QED) is 0.841. The van der Waals surface area contributed by atoms with Gasteiger partial charge >= 0.3 is 0 Å². The fourth-order valence-electron chi connectivity index (χ4n) is 5.53. The highest BCUT2D eigenvalue weighted by Gasteiger charge is 2.53. The molecule has 6 rings (SSSR count). The number of halogens is 2. The van der Waals surface area contributed by atoms with Gasteiger partial charge in [-0.3, -0.25) is 14.8 Å². The van der Waals surface area contributed by atoms with Crippen LogP contribution in [0.2, 0.25) is 0 Å². The Morgan fingerprint density at radius 1 is 0.962 bits per heavy atom. The summed E-state index contributed by atoms with van der Waals surface area (Å²) in [4.78, 5) is 9.22. The summed E-state index contributed by atoms with van der Waals surface area (Å²) in [6.07, 6.45) is 6.13. The highest BCUT2D eigenvalue weighted by atomic mass is 19.1. The summed E-state index contributed by atoms with van der Waals surface area (Å²) in [6.45, 7) is 3.96. The number of pyridine rings is 1. The highest BCUT2D eigenvalue weighted by molar-refractivity contribution is 5.29. The maximum atomic E-state index is 13.9. The minimum absolute atomic E-state index is 0.162. The Bertz CT molecular complexity index is 769. The Morgan fingerprint density at radius 3 is 2.35 bits per heavy atom. The Kier molecular flexibility index (Phi) is 4.02. The van der Waals surface area contributed by atoms with Crippen molar-refractivity contribution in [1.82, 2.24) is 14.8 Å². The summed E-state index contributed by atoms with van der Waals surface area (Å²) in [5, 5.41) is 0. The molecule has 0 N–H and O–H groups in total. The Hall–Kier alpha value is -1.85. The molecule has 4 fully saturated rings. The van der Waals surface area contributed by atoms with E-state index in [4.69, 9.17) is 0 Å². The van der Waals surface area contributed by atoms with E-state index in [-0.39, 0.29) is 5.92 Å². The molecule has 26 heavy (non-hydrogen) atoms. The van der Waals surface area contributed by atoms with Gasteiger partial charge in [0.05, 0.1) is 0 Å². The van der Waals surface area contributed by atoms with Gasteiger partial charge in [0.1, 0.15) is 11.6 Å². The molecule has 1 aromatic heterocycles. The topological polar surface area (TPSA) is 19.4 Å². The van der Waals surface area contributed by atoms with E-state index in [1.807, 2.05) is 12.4 Å². The van der Waals surface area contributed by atoms with Crippen molar-refractivity contribution in [2.45, 2.75) is 37.4 Å². The second-order valence-electron chi connectivity index (χ2n) is 7.95. The zero-order chi connectivity index (χ0) is 17.7. The molecule has 2 aromatic rings. The van der Waals surface area contributed by atoms with E-state index < -0.39 is 11.6 Å². The lowest BCUT2D eigenvalue weighted by atomic mass is 9.75. The van der Waals surface area contributed by atoms with Crippen LogP contribution in [0, 0.1) is 17.6 Å².